The molecule has 0 saturated carbocycles. The molecule has 7 nitrogen and oxygen atoms in total. The molecule has 2 atom stereocenters. The van der Waals surface area contributed by atoms with Gasteiger partial charge in [-0.25, -0.2) is 0 Å². The van der Waals surface area contributed by atoms with Gasteiger partial charge < -0.3 is 20.8 Å². The third-order valence-corrected chi connectivity index (χ3v) is 6.46. The van der Waals surface area contributed by atoms with Crippen molar-refractivity contribution < 1.29 is 50.9 Å². The van der Waals surface area contributed by atoms with Gasteiger partial charge in [0.2, 0.25) is 5.91 Å². The molecule has 13 heteroatoms. The summed E-state index contributed by atoms with van der Waals surface area (Å²) in [7, 11) is 0. The van der Waals surface area contributed by atoms with Crippen LogP contribution < -0.4 is 10.6 Å². The molecule has 45 heavy (non-hydrogen) atoms. The van der Waals surface area contributed by atoms with Crippen molar-refractivity contribution in [2.24, 2.45) is 0 Å². The fraction of sp³-hybridized carbons (Fsp3) is 0.281. The van der Waals surface area contributed by atoms with Gasteiger partial charge in [-0.05, 0) is 92.1 Å². The van der Waals surface area contributed by atoms with Crippen LogP contribution >= 0.6 is 0 Å². The van der Waals surface area contributed by atoms with Crippen LogP contribution in [0.15, 0.2) is 66.7 Å². The SMILES string of the molecule is C[C@@H](O)[C@H](NC(=O)c1ccc(C#Cc2ccc(NC(=O)CCCc3cc(C(F)(F)F)cc(C(F)(F)F)c3)cc2)cc1)C(=O)CO. The highest BCUT2D eigenvalue weighted by Gasteiger charge is 2.36. The predicted molar refractivity (Wildman–Crippen MR) is 152 cm³/mol. The number of amides is 2. The van der Waals surface area contributed by atoms with Gasteiger partial charge in [0.05, 0.1) is 17.2 Å². The van der Waals surface area contributed by atoms with Crippen molar-refractivity contribution in [2.45, 2.75) is 50.7 Å². The molecule has 0 aliphatic rings. The summed E-state index contributed by atoms with van der Waals surface area (Å²) in [5.74, 6) is 4.00. The molecule has 0 fully saturated rings. The smallest absolute Gasteiger partial charge is 0.391 e. The number of nitrogens with one attached hydrogen (secondary N) is 2. The van der Waals surface area contributed by atoms with Gasteiger partial charge in [-0.15, -0.1) is 0 Å². The van der Waals surface area contributed by atoms with Crippen LogP contribution in [0, 0.1) is 11.8 Å². The van der Waals surface area contributed by atoms with E-state index < -0.39 is 59.8 Å². The monoisotopic (exact) mass is 634 g/mol. The Bertz CT molecular complexity index is 1540. The Morgan fingerprint density at radius 3 is 1.80 bits per heavy atom. The van der Waals surface area contributed by atoms with Crippen LogP contribution in [0.2, 0.25) is 0 Å². The molecule has 4 N–H and O–H groups in total. The summed E-state index contributed by atoms with van der Waals surface area (Å²) in [5, 5.41) is 23.7. The normalized spacial score (nSPS) is 12.8. The lowest BCUT2D eigenvalue weighted by atomic mass is 10.0. The summed E-state index contributed by atoms with van der Waals surface area (Å²) < 4.78 is 78.3. The Morgan fingerprint density at radius 1 is 0.822 bits per heavy atom. The molecule has 0 radical (unpaired) electrons. The second-order valence-corrected chi connectivity index (χ2v) is 10.0. The van der Waals surface area contributed by atoms with Crippen molar-refractivity contribution in [2.75, 3.05) is 11.9 Å². The van der Waals surface area contributed by atoms with E-state index in [1.54, 1.807) is 36.4 Å². The number of aliphatic hydroxyl groups excluding tert-OH is 2. The topological polar surface area (TPSA) is 116 Å². The van der Waals surface area contributed by atoms with Gasteiger partial charge in [0.15, 0.2) is 5.78 Å². The van der Waals surface area contributed by atoms with Crippen molar-refractivity contribution in [1.29, 1.82) is 0 Å². The third-order valence-electron chi connectivity index (χ3n) is 6.46. The van der Waals surface area contributed by atoms with E-state index in [-0.39, 0.29) is 36.5 Å². The molecular weight excluding hydrogens is 606 g/mol. The van der Waals surface area contributed by atoms with Crippen LogP contribution in [0.1, 0.15) is 57.9 Å². The number of alkyl halides is 6. The molecule has 2 amide bonds. The van der Waals surface area contributed by atoms with E-state index in [1.807, 2.05) is 0 Å². The first-order valence-electron chi connectivity index (χ1n) is 13.5. The number of aliphatic hydroxyl groups is 2. The van der Waals surface area contributed by atoms with E-state index in [4.69, 9.17) is 5.11 Å². The molecule has 0 aliphatic heterocycles. The second-order valence-electron chi connectivity index (χ2n) is 10.0. The number of ketones is 1. The van der Waals surface area contributed by atoms with Crippen LogP contribution in [-0.4, -0.2) is 46.6 Å². The minimum atomic E-state index is -4.94. The number of hydrogen-bond acceptors (Lipinski definition) is 5. The van der Waals surface area contributed by atoms with Gasteiger partial charge in [0.1, 0.15) is 12.6 Å². The predicted octanol–water partition coefficient (Wildman–Crippen LogP) is 5.13. The summed E-state index contributed by atoms with van der Waals surface area (Å²) in [5.41, 5.74) is -1.22. The van der Waals surface area contributed by atoms with Gasteiger partial charge in [-0.2, -0.15) is 26.3 Å². The fourth-order valence-corrected chi connectivity index (χ4v) is 4.12. The van der Waals surface area contributed by atoms with Crippen LogP contribution in [-0.2, 0) is 28.4 Å². The molecule has 3 aromatic rings. The summed E-state index contributed by atoms with van der Waals surface area (Å²) in [4.78, 5) is 36.4. The van der Waals surface area contributed by atoms with Crippen LogP contribution in [0.5, 0.6) is 0 Å². The lowest BCUT2D eigenvalue weighted by Gasteiger charge is -2.19. The standard InChI is InChI=1S/C32H28F6N2O5/c1-19(42)29(27(43)18-41)40-30(45)23-11-7-20(8-12-23)5-6-21-9-13-26(14-10-21)39-28(44)4-2-3-22-15-24(31(33,34)35)17-25(16-22)32(36,37)38/h7-17,19,29,41-42H,2-4,18H2,1H3,(H,39,44)(H,40,45)/t19-,29+/m1/s1. The summed E-state index contributed by atoms with van der Waals surface area (Å²) in [6.07, 6.45) is -11.4. The van der Waals surface area contributed by atoms with Crippen LogP contribution in [0.3, 0.4) is 0 Å². The number of hydrogen-bond donors (Lipinski definition) is 4. The molecule has 3 rings (SSSR count). The average Bonchev–Trinajstić information content (AvgIpc) is 2.98. The lowest BCUT2D eigenvalue weighted by molar-refractivity contribution is -0.143. The van der Waals surface area contributed by atoms with Crippen LogP contribution in [0.4, 0.5) is 32.0 Å². The summed E-state index contributed by atoms with van der Waals surface area (Å²) in [6.45, 7) is 0.481. The number of halogens is 6. The number of benzene rings is 3. The van der Waals surface area contributed by atoms with Gasteiger partial charge >= 0.3 is 12.4 Å². The van der Waals surface area contributed by atoms with E-state index in [1.165, 1.54) is 19.1 Å². The molecule has 0 unspecified atom stereocenters. The van der Waals surface area contributed by atoms with E-state index in [0.717, 1.165) is 0 Å². The Morgan fingerprint density at radius 2 is 1.33 bits per heavy atom. The Balaban J connectivity index is 1.54. The summed E-state index contributed by atoms with van der Waals surface area (Å²) >= 11 is 0. The van der Waals surface area contributed by atoms with Gasteiger partial charge in [-0.1, -0.05) is 11.8 Å². The summed E-state index contributed by atoms with van der Waals surface area (Å²) in [6, 6.07) is 12.6. The molecule has 0 heterocycles. The van der Waals surface area contributed by atoms with Crippen molar-refractivity contribution in [3.8, 4) is 11.8 Å². The number of aryl methyl sites for hydroxylation is 1. The molecular formula is C32H28F6N2O5. The minimum absolute atomic E-state index is 0.0242. The van der Waals surface area contributed by atoms with Gasteiger partial charge in [0, 0.05) is 28.8 Å². The largest absolute Gasteiger partial charge is 0.416 e. The van der Waals surface area contributed by atoms with E-state index in [2.05, 4.69) is 22.5 Å². The molecule has 3 aromatic carbocycles. The highest BCUT2D eigenvalue weighted by Crippen LogP contribution is 2.36. The number of anilines is 1. The van der Waals surface area contributed by atoms with Crippen LogP contribution in [0.25, 0.3) is 0 Å². The Hall–Kier alpha value is -4.67. The molecule has 0 saturated heterocycles. The zero-order valence-corrected chi connectivity index (χ0v) is 23.7. The first-order valence-corrected chi connectivity index (χ1v) is 13.5. The van der Waals surface area contributed by atoms with E-state index >= 15 is 0 Å². The van der Waals surface area contributed by atoms with E-state index in [9.17, 15) is 45.8 Å². The van der Waals surface area contributed by atoms with Crippen molar-refractivity contribution in [1.82, 2.24) is 5.32 Å². The third kappa shape index (κ3) is 10.5. The zero-order chi connectivity index (χ0) is 33.4. The maximum atomic E-state index is 13.0. The van der Waals surface area contributed by atoms with Gasteiger partial charge in [0.25, 0.3) is 5.91 Å². The maximum absolute atomic E-state index is 13.0. The number of rotatable bonds is 10. The first kappa shape index (κ1) is 34.8. The van der Waals surface area contributed by atoms with Crippen molar-refractivity contribution in [3.63, 3.8) is 0 Å². The lowest BCUT2D eigenvalue weighted by Crippen LogP contribution is -2.48. The average molecular weight is 635 g/mol. The Kier molecular flexibility index (Phi) is 11.5. The minimum Gasteiger partial charge on any atom is -0.391 e. The molecule has 0 spiro atoms. The number of carbonyl (C=O) groups excluding carboxylic acids is 3. The zero-order valence-electron chi connectivity index (χ0n) is 23.7. The fourth-order valence-electron chi connectivity index (χ4n) is 4.12. The Labute approximate surface area is 254 Å². The van der Waals surface area contributed by atoms with Gasteiger partial charge in [-0.3, -0.25) is 14.4 Å². The van der Waals surface area contributed by atoms with Crippen molar-refractivity contribution in [3.05, 3.63) is 100 Å². The highest BCUT2D eigenvalue weighted by molar-refractivity contribution is 5.98. The number of carbonyl (C=O) groups is 3. The molecule has 0 bridgehead atoms. The molecule has 238 valence electrons. The maximum Gasteiger partial charge on any atom is 0.416 e. The van der Waals surface area contributed by atoms with Crippen molar-refractivity contribution >= 4 is 23.3 Å². The molecule has 0 aliphatic carbocycles. The molecule has 0 aromatic heterocycles. The first-order chi connectivity index (χ1) is 21.1. The number of Topliss-reactive ketones (excluding diaryl/α,β-unsaturated/α-hetero) is 1. The highest BCUT2D eigenvalue weighted by atomic mass is 19.4. The van der Waals surface area contributed by atoms with E-state index in [0.29, 0.717) is 28.9 Å². The quantitative estimate of drug-likeness (QED) is 0.183. The second kappa shape index (κ2) is 14.9.